The standard InChI is InChI=1S/C40H32N10O18S5.4Na/c41-36(52)22-14-16-50(17-15-22)40-46-38(43-29-6-1-2-7-32(29)72(58,59)60)45-39(47-40)44-30-13-12-27-28(35(30)73(61,62)63)21-31(69-67-65-54)33(34(27)51)49-48-24-10-8-23(9-11-24)37(53)42-25-4-3-5-26(20-25)71(56,57)19-18-64-70-68-66-55;;;;/h1-17,20-21H,18-19H2,(H9-,41,42,43,44,45,46,47,48,51,52,53,54,55,58,59,60,61,62,63);;;;/q;4*+1/p-3. The number of carbonyl (C=O) groups excluding carboxylic acids is 2. The van der Waals surface area contributed by atoms with Gasteiger partial charge in [-0.2, -0.15) is 9.45 Å². The number of nitrogens with two attached hydrogens (primary N) is 1. The average molecular weight is 1190 g/mol. The van der Waals surface area contributed by atoms with Crippen LogP contribution >= 0.6 is 24.4 Å². The summed E-state index contributed by atoms with van der Waals surface area (Å²) in [6, 6.07) is 21.5. The third kappa shape index (κ3) is 18.1. The van der Waals surface area contributed by atoms with E-state index >= 15 is 0 Å². The Labute approximate surface area is 533 Å². The number of hydrogen-bond acceptors (Lipinski definition) is 27. The SMILES string of the molecule is NC(=O)c1cc[n+](-c2nc(Nc3ccccc3S(=O)(=O)[O-])nc(Nc3ccc4c(O)c(N=Nc5ccc(C(=O)Nc6cccc(S(=O)(=O)CCOSOO[O-])c6)cc5)c(SOO[O-])cc4c3S(=O)(=O)[O-])n2)cc1.[Na+].[Na+].[Na+].[Na+]. The fourth-order valence-corrected chi connectivity index (χ4v) is 9.79. The number of amides is 2. The van der Waals surface area contributed by atoms with Crippen molar-refractivity contribution in [3.8, 4) is 11.7 Å². The second-order valence-electron chi connectivity index (χ2n) is 14.2. The van der Waals surface area contributed by atoms with Crippen molar-refractivity contribution in [3.63, 3.8) is 0 Å². The van der Waals surface area contributed by atoms with E-state index in [0.717, 1.165) is 18.2 Å². The van der Waals surface area contributed by atoms with Crippen molar-refractivity contribution < 1.29 is 205 Å². The molecule has 380 valence electrons. The number of aromatic hydroxyl groups is 1. The molecule has 0 aliphatic carbocycles. The van der Waals surface area contributed by atoms with Crippen LogP contribution in [0.25, 0.3) is 16.7 Å². The molecule has 0 spiro atoms. The van der Waals surface area contributed by atoms with Gasteiger partial charge in [0.15, 0.2) is 27.9 Å². The molecule has 7 aromatic rings. The minimum absolute atomic E-state index is 0. The molecule has 0 unspecified atom stereocenters. The van der Waals surface area contributed by atoms with Crippen LogP contribution in [0.1, 0.15) is 20.7 Å². The molecule has 0 fully saturated rings. The molecule has 2 aromatic heterocycles. The third-order valence-electron chi connectivity index (χ3n) is 9.59. The molecule has 0 saturated heterocycles. The average Bonchev–Trinajstić information content (AvgIpc) is 3.35. The van der Waals surface area contributed by atoms with E-state index in [1.54, 1.807) is 0 Å². The van der Waals surface area contributed by atoms with Crippen molar-refractivity contribution in [3.05, 3.63) is 127 Å². The number of phenolic OH excluding ortho intramolecular Hbond substituents is 1. The van der Waals surface area contributed by atoms with Crippen molar-refractivity contribution >= 4 is 117 Å². The smallest absolute Gasteiger partial charge is 0.744 e. The Kier molecular flexibility index (Phi) is 26.9. The molecule has 0 radical (unpaired) electrons. The normalized spacial score (nSPS) is 11.4. The van der Waals surface area contributed by atoms with Crippen LogP contribution in [0.2, 0.25) is 0 Å². The van der Waals surface area contributed by atoms with Gasteiger partial charge >= 0.3 is 136 Å². The molecule has 0 aliphatic rings. The van der Waals surface area contributed by atoms with Crippen LogP contribution in [-0.2, 0) is 53.0 Å². The van der Waals surface area contributed by atoms with Crippen LogP contribution < -0.4 is 155 Å². The van der Waals surface area contributed by atoms with Gasteiger partial charge in [-0.25, -0.2) is 29.8 Å². The summed E-state index contributed by atoms with van der Waals surface area (Å²) in [6.07, 6.45) is 2.64. The molecule has 0 aliphatic heterocycles. The number of sulfone groups is 1. The summed E-state index contributed by atoms with van der Waals surface area (Å²) >= 11 is 0.291. The Morgan fingerprint density at radius 2 is 1.36 bits per heavy atom. The van der Waals surface area contributed by atoms with Gasteiger partial charge in [-0.15, -0.1) is 14.4 Å². The summed E-state index contributed by atoms with van der Waals surface area (Å²) in [7, 11) is -14.5. The number of anilines is 5. The number of azo groups is 1. The maximum atomic E-state index is 13.1. The number of carbonyl (C=O) groups is 2. The van der Waals surface area contributed by atoms with Gasteiger partial charge in [-0.05, 0) is 94.9 Å². The molecule has 5 aromatic carbocycles. The van der Waals surface area contributed by atoms with Gasteiger partial charge in [0.25, 0.3) is 5.91 Å². The largest absolute Gasteiger partial charge is 1.00 e. The number of pyridine rings is 1. The van der Waals surface area contributed by atoms with Crippen molar-refractivity contribution in [1.82, 2.24) is 15.0 Å². The summed E-state index contributed by atoms with van der Waals surface area (Å²) in [6.45, 7) is -0.360. The van der Waals surface area contributed by atoms with E-state index in [1.807, 2.05) is 0 Å². The van der Waals surface area contributed by atoms with Crippen LogP contribution in [0.15, 0.2) is 145 Å². The van der Waals surface area contributed by atoms with E-state index in [2.05, 4.69) is 59.9 Å². The molecule has 37 heteroatoms. The first kappa shape index (κ1) is 67.9. The van der Waals surface area contributed by atoms with Gasteiger partial charge < -0.3 is 46.4 Å². The van der Waals surface area contributed by atoms with Crippen LogP contribution in [0.5, 0.6) is 5.75 Å². The molecule has 2 amide bonds. The summed E-state index contributed by atoms with van der Waals surface area (Å²) in [5.41, 5.74) is 4.57. The molecule has 28 nitrogen and oxygen atoms in total. The maximum absolute atomic E-state index is 13.1. The second kappa shape index (κ2) is 30.5. The number of benzene rings is 5. The molecule has 6 N–H and O–H groups in total. The predicted molar refractivity (Wildman–Crippen MR) is 245 cm³/mol. The van der Waals surface area contributed by atoms with Gasteiger partial charge in [-0.1, -0.05) is 18.2 Å². The number of aromatic nitrogens is 4. The summed E-state index contributed by atoms with van der Waals surface area (Å²) in [5.74, 6) is -3.85. The minimum atomic E-state index is -5.54. The van der Waals surface area contributed by atoms with E-state index in [1.165, 1.54) is 102 Å². The molecular formula is C40H29N10Na4O18S5+. The number of para-hydroxylation sites is 1. The van der Waals surface area contributed by atoms with Crippen LogP contribution in [0, 0.1) is 0 Å². The number of rotatable bonds is 22. The zero-order chi connectivity index (χ0) is 52.5. The molecule has 2 heterocycles. The van der Waals surface area contributed by atoms with Gasteiger partial charge in [0.1, 0.15) is 25.9 Å². The van der Waals surface area contributed by atoms with Gasteiger partial charge in [0, 0.05) is 27.6 Å². The quantitative estimate of drug-likeness (QED) is 0.00615. The van der Waals surface area contributed by atoms with Gasteiger partial charge in [-0.3, -0.25) is 23.8 Å². The number of nitrogens with zero attached hydrogens (tertiary/aromatic N) is 6. The molecular weight excluding hydrogens is 1160 g/mol. The molecule has 7 rings (SSSR count). The first-order valence-electron chi connectivity index (χ1n) is 19.7. The number of phenols is 1. The topological polar surface area (TPSA) is 425 Å². The van der Waals surface area contributed by atoms with Crippen LogP contribution in [0.4, 0.5) is 40.3 Å². The van der Waals surface area contributed by atoms with E-state index in [-0.39, 0.29) is 199 Å². The Morgan fingerprint density at radius 1 is 0.714 bits per heavy atom. The van der Waals surface area contributed by atoms with Crippen LogP contribution in [-0.4, -0.2) is 78.6 Å². The zero-order valence-corrected chi connectivity index (χ0v) is 52.2. The van der Waals surface area contributed by atoms with Crippen molar-refractivity contribution in [2.75, 3.05) is 28.3 Å². The fraction of sp³-hybridized carbons (Fsp3) is 0.0500. The summed E-state index contributed by atoms with van der Waals surface area (Å²) in [4.78, 5) is 35.4. The van der Waals surface area contributed by atoms with Gasteiger partial charge in [0.05, 0.1) is 73.4 Å². The van der Waals surface area contributed by atoms with Crippen LogP contribution in [0.3, 0.4) is 0 Å². The number of nitrogens with one attached hydrogen (secondary N) is 3. The number of primary amides is 1. The fourth-order valence-electron chi connectivity index (χ4n) is 6.40. The third-order valence-corrected chi connectivity index (χ3v) is 14.1. The first-order chi connectivity index (χ1) is 34.7. The van der Waals surface area contributed by atoms with E-state index < -0.39 is 91.8 Å². The van der Waals surface area contributed by atoms with Gasteiger partial charge in [0.2, 0.25) is 5.91 Å². The van der Waals surface area contributed by atoms with Crippen molar-refractivity contribution in [2.24, 2.45) is 16.0 Å². The molecule has 77 heavy (non-hydrogen) atoms. The molecule has 0 atom stereocenters. The van der Waals surface area contributed by atoms with E-state index in [4.69, 9.17) is 9.92 Å². The Balaban J connectivity index is 0.00000390. The monoisotopic (exact) mass is 1190 g/mol. The first-order valence-corrected chi connectivity index (χ1v) is 25.6. The summed E-state index contributed by atoms with van der Waals surface area (Å²) < 4.78 is 115. The Morgan fingerprint density at radius 3 is 1.99 bits per heavy atom. The van der Waals surface area contributed by atoms with E-state index in [0.29, 0.717) is 0 Å². The minimum Gasteiger partial charge on any atom is -0.744 e. The summed E-state index contributed by atoms with van der Waals surface area (Å²) in [5, 5.41) is 54.1. The predicted octanol–water partition coefficient (Wildman–Crippen LogP) is -9.11. The Bertz CT molecular complexity index is 3620. The molecule has 0 saturated carbocycles. The van der Waals surface area contributed by atoms with Crippen molar-refractivity contribution in [1.29, 1.82) is 0 Å². The molecule has 0 bridgehead atoms. The second-order valence-corrected chi connectivity index (χ2v) is 20.2. The van der Waals surface area contributed by atoms with Crippen molar-refractivity contribution in [2.45, 2.75) is 19.6 Å². The van der Waals surface area contributed by atoms with E-state index in [9.17, 15) is 59.6 Å². The number of hydrogen-bond donors (Lipinski definition) is 5. The maximum Gasteiger partial charge on any atom is 1.00 e. The Hall–Kier alpha value is -3.35. The number of fused-ring (bicyclic) bond motifs is 1. The zero-order valence-electron chi connectivity index (χ0n) is 40.1.